The standard InChI is InChI=1S/C24H29N5O2S/c1-24(2,3)20-14-21(29-12-6-7-13-29)28-23(27-20)32-16-18-9-10-19(31-18)22(30)26-15-17-8-4-5-11-25-17/h4-5,8-11,14H,6-7,12-13,15-16H2,1-3H3,(H,26,30). The molecule has 0 atom stereocenters. The number of aromatic nitrogens is 3. The van der Waals surface area contributed by atoms with Gasteiger partial charge in [0.15, 0.2) is 10.9 Å². The monoisotopic (exact) mass is 451 g/mol. The molecule has 1 N–H and O–H groups in total. The molecule has 0 aromatic carbocycles. The minimum absolute atomic E-state index is 0.0593. The normalized spacial score (nSPS) is 14.0. The second kappa shape index (κ2) is 9.73. The van der Waals surface area contributed by atoms with Crippen molar-refractivity contribution in [3.8, 4) is 0 Å². The van der Waals surface area contributed by atoms with E-state index in [-0.39, 0.29) is 11.3 Å². The van der Waals surface area contributed by atoms with Gasteiger partial charge in [-0.3, -0.25) is 9.78 Å². The van der Waals surface area contributed by atoms with E-state index in [9.17, 15) is 4.79 Å². The van der Waals surface area contributed by atoms with Crippen LogP contribution in [0.1, 0.15) is 61.3 Å². The molecule has 3 aromatic heterocycles. The summed E-state index contributed by atoms with van der Waals surface area (Å²) in [6.45, 7) is 8.94. The highest BCUT2D eigenvalue weighted by atomic mass is 32.2. The number of pyridine rings is 1. The minimum Gasteiger partial charge on any atom is -0.455 e. The first-order chi connectivity index (χ1) is 15.4. The Morgan fingerprint density at radius 1 is 1.16 bits per heavy atom. The smallest absolute Gasteiger partial charge is 0.287 e. The van der Waals surface area contributed by atoms with Crippen LogP contribution in [0.4, 0.5) is 5.82 Å². The van der Waals surface area contributed by atoms with Crippen molar-refractivity contribution in [3.05, 3.63) is 65.5 Å². The summed E-state index contributed by atoms with van der Waals surface area (Å²) in [5.41, 5.74) is 1.77. The van der Waals surface area contributed by atoms with Gasteiger partial charge in [0.2, 0.25) is 0 Å². The summed E-state index contributed by atoms with van der Waals surface area (Å²) in [5, 5.41) is 3.57. The van der Waals surface area contributed by atoms with Crippen LogP contribution in [0.2, 0.25) is 0 Å². The zero-order valence-electron chi connectivity index (χ0n) is 18.8. The summed E-state index contributed by atoms with van der Waals surface area (Å²) in [6.07, 6.45) is 4.11. The maximum atomic E-state index is 12.4. The molecular formula is C24H29N5O2S. The van der Waals surface area contributed by atoms with Crippen molar-refractivity contribution in [2.24, 2.45) is 0 Å². The zero-order valence-corrected chi connectivity index (χ0v) is 19.6. The minimum atomic E-state index is -0.255. The Bertz CT molecular complexity index is 1060. The number of carbonyl (C=O) groups is 1. The number of amides is 1. The number of carbonyl (C=O) groups excluding carboxylic acids is 1. The van der Waals surface area contributed by atoms with Gasteiger partial charge in [0.1, 0.15) is 11.6 Å². The second-order valence-corrected chi connectivity index (χ2v) is 9.84. The van der Waals surface area contributed by atoms with E-state index >= 15 is 0 Å². The van der Waals surface area contributed by atoms with Crippen molar-refractivity contribution in [1.82, 2.24) is 20.3 Å². The molecule has 8 heteroatoms. The number of nitrogens with zero attached hydrogens (tertiary/aromatic N) is 4. The van der Waals surface area contributed by atoms with E-state index < -0.39 is 0 Å². The number of anilines is 1. The molecule has 1 amide bonds. The van der Waals surface area contributed by atoms with Gasteiger partial charge >= 0.3 is 0 Å². The van der Waals surface area contributed by atoms with Crippen LogP contribution in [-0.2, 0) is 17.7 Å². The Labute approximate surface area is 193 Å². The quantitative estimate of drug-likeness (QED) is 0.416. The maximum Gasteiger partial charge on any atom is 0.287 e. The number of nitrogens with one attached hydrogen (secondary N) is 1. The first-order valence-electron chi connectivity index (χ1n) is 10.9. The molecule has 3 aromatic rings. The summed E-state index contributed by atoms with van der Waals surface area (Å²) in [4.78, 5) is 28.5. The molecule has 0 aliphatic carbocycles. The topological polar surface area (TPSA) is 84.2 Å². The Hall–Kier alpha value is -2.87. The molecule has 4 heterocycles. The van der Waals surface area contributed by atoms with E-state index in [0.29, 0.717) is 23.8 Å². The third kappa shape index (κ3) is 5.68. The predicted octanol–water partition coefficient (Wildman–Crippen LogP) is 4.58. The first kappa shape index (κ1) is 22.3. The fourth-order valence-corrected chi connectivity index (χ4v) is 4.19. The molecule has 1 aliphatic rings. The van der Waals surface area contributed by atoms with Crippen molar-refractivity contribution in [2.45, 2.75) is 56.5 Å². The van der Waals surface area contributed by atoms with E-state index in [2.05, 4.69) is 42.0 Å². The number of hydrogen-bond acceptors (Lipinski definition) is 7. The predicted molar refractivity (Wildman–Crippen MR) is 126 cm³/mol. The molecule has 168 valence electrons. The number of hydrogen-bond donors (Lipinski definition) is 1. The van der Waals surface area contributed by atoms with Crippen LogP contribution in [0.15, 0.2) is 52.2 Å². The summed E-state index contributed by atoms with van der Waals surface area (Å²) < 4.78 is 5.76. The summed E-state index contributed by atoms with van der Waals surface area (Å²) in [7, 11) is 0. The molecule has 0 bridgehead atoms. The van der Waals surface area contributed by atoms with Crippen molar-refractivity contribution in [2.75, 3.05) is 18.0 Å². The van der Waals surface area contributed by atoms with Crippen LogP contribution in [0, 0.1) is 0 Å². The summed E-state index contributed by atoms with van der Waals surface area (Å²) in [6, 6.07) is 11.3. The highest BCUT2D eigenvalue weighted by Gasteiger charge is 2.22. The van der Waals surface area contributed by atoms with Gasteiger partial charge < -0.3 is 14.6 Å². The molecule has 0 saturated carbocycles. The summed E-state index contributed by atoms with van der Waals surface area (Å²) >= 11 is 1.53. The Balaban J connectivity index is 1.40. The lowest BCUT2D eigenvalue weighted by Crippen LogP contribution is -2.22. The zero-order chi connectivity index (χ0) is 22.6. The van der Waals surface area contributed by atoms with Crippen LogP contribution < -0.4 is 10.2 Å². The Morgan fingerprint density at radius 3 is 2.69 bits per heavy atom. The Kier molecular flexibility index (Phi) is 6.79. The van der Waals surface area contributed by atoms with Gasteiger partial charge in [-0.1, -0.05) is 38.6 Å². The van der Waals surface area contributed by atoms with Crippen LogP contribution in [-0.4, -0.2) is 33.9 Å². The second-order valence-electron chi connectivity index (χ2n) is 8.90. The van der Waals surface area contributed by atoms with E-state index in [1.165, 1.54) is 24.6 Å². The summed E-state index contributed by atoms with van der Waals surface area (Å²) in [5.74, 6) is 2.30. The van der Waals surface area contributed by atoms with Gasteiger partial charge in [0.05, 0.1) is 23.7 Å². The largest absolute Gasteiger partial charge is 0.455 e. The molecule has 4 rings (SSSR count). The molecule has 7 nitrogen and oxygen atoms in total. The van der Waals surface area contributed by atoms with Gasteiger partial charge in [-0.25, -0.2) is 9.97 Å². The Morgan fingerprint density at radius 2 is 1.97 bits per heavy atom. The number of furan rings is 1. The average molecular weight is 452 g/mol. The van der Waals surface area contributed by atoms with Crippen LogP contribution in [0.5, 0.6) is 0 Å². The van der Waals surface area contributed by atoms with Crippen molar-refractivity contribution < 1.29 is 9.21 Å². The van der Waals surface area contributed by atoms with Gasteiger partial charge in [0, 0.05) is 30.8 Å². The molecule has 32 heavy (non-hydrogen) atoms. The molecule has 1 fully saturated rings. The maximum absolute atomic E-state index is 12.4. The number of rotatable bonds is 7. The molecule has 0 radical (unpaired) electrons. The van der Waals surface area contributed by atoms with Gasteiger partial charge in [-0.2, -0.15) is 0 Å². The average Bonchev–Trinajstić information content (AvgIpc) is 3.48. The lowest BCUT2D eigenvalue weighted by atomic mass is 9.92. The van der Waals surface area contributed by atoms with E-state index in [0.717, 1.165) is 35.5 Å². The fourth-order valence-electron chi connectivity index (χ4n) is 3.44. The lowest BCUT2D eigenvalue weighted by Gasteiger charge is -2.22. The van der Waals surface area contributed by atoms with Crippen LogP contribution in [0.3, 0.4) is 0 Å². The van der Waals surface area contributed by atoms with E-state index in [1.807, 2.05) is 24.3 Å². The van der Waals surface area contributed by atoms with Crippen molar-refractivity contribution in [1.29, 1.82) is 0 Å². The van der Waals surface area contributed by atoms with Gasteiger partial charge in [-0.15, -0.1) is 0 Å². The highest BCUT2D eigenvalue weighted by Crippen LogP contribution is 2.29. The molecular weight excluding hydrogens is 422 g/mol. The van der Waals surface area contributed by atoms with E-state index in [4.69, 9.17) is 14.4 Å². The molecule has 1 saturated heterocycles. The number of thioether (sulfide) groups is 1. The van der Waals surface area contributed by atoms with Gasteiger partial charge in [-0.05, 0) is 37.1 Å². The molecule has 0 unspecified atom stereocenters. The highest BCUT2D eigenvalue weighted by molar-refractivity contribution is 7.98. The van der Waals surface area contributed by atoms with Crippen LogP contribution in [0.25, 0.3) is 0 Å². The molecule has 0 spiro atoms. The third-order valence-corrected chi connectivity index (χ3v) is 6.15. The lowest BCUT2D eigenvalue weighted by molar-refractivity contribution is 0.0921. The van der Waals surface area contributed by atoms with Gasteiger partial charge in [0.25, 0.3) is 5.91 Å². The molecule has 1 aliphatic heterocycles. The third-order valence-electron chi connectivity index (χ3n) is 5.28. The van der Waals surface area contributed by atoms with Crippen molar-refractivity contribution >= 4 is 23.5 Å². The van der Waals surface area contributed by atoms with Crippen LogP contribution >= 0.6 is 11.8 Å². The van der Waals surface area contributed by atoms with Crippen molar-refractivity contribution in [3.63, 3.8) is 0 Å². The fraction of sp³-hybridized carbons (Fsp3) is 0.417. The SMILES string of the molecule is CC(C)(C)c1cc(N2CCCC2)nc(SCc2ccc(C(=O)NCc3ccccn3)o2)n1. The first-order valence-corrected chi connectivity index (χ1v) is 11.9. The van der Waals surface area contributed by atoms with E-state index in [1.54, 1.807) is 12.3 Å².